The molecule has 1 fully saturated rings. The van der Waals surface area contributed by atoms with Crippen LogP contribution in [-0.2, 0) is 4.79 Å². The number of aromatic nitrogens is 1. The van der Waals surface area contributed by atoms with E-state index in [0.29, 0.717) is 26.2 Å². The van der Waals surface area contributed by atoms with Crippen molar-refractivity contribution >= 4 is 18.3 Å². The molecule has 3 aromatic rings. The van der Waals surface area contributed by atoms with Gasteiger partial charge in [0.15, 0.2) is 0 Å². The number of nitrogens with zero attached hydrogens (tertiary/aromatic N) is 4. The molecule has 0 bridgehead atoms. The maximum absolute atomic E-state index is 13.0. The summed E-state index contributed by atoms with van der Waals surface area (Å²) in [5.41, 5.74) is 3.15. The lowest BCUT2D eigenvalue weighted by Gasteiger charge is -2.37. The molecule has 0 saturated carbocycles. The Bertz CT molecular complexity index is 995. The number of carbonyl (C=O) groups is 1. The highest BCUT2D eigenvalue weighted by molar-refractivity contribution is 5.85. The molecule has 170 valence electrons. The number of nitrogens with one attached hydrogen (secondary N) is 1. The van der Waals surface area contributed by atoms with Crippen LogP contribution >= 0.6 is 12.4 Å². The van der Waals surface area contributed by atoms with Gasteiger partial charge in [-0.3, -0.25) is 20.0 Å². The fourth-order valence-electron chi connectivity index (χ4n) is 4.15. The summed E-state index contributed by atoms with van der Waals surface area (Å²) in [6.45, 7) is 2.82. The van der Waals surface area contributed by atoms with E-state index in [9.17, 15) is 10.1 Å². The van der Waals surface area contributed by atoms with Gasteiger partial charge in [-0.15, -0.1) is 12.4 Å². The van der Waals surface area contributed by atoms with Gasteiger partial charge in [0.1, 0.15) is 6.04 Å². The average molecular weight is 462 g/mol. The third-order valence-electron chi connectivity index (χ3n) is 5.88. The van der Waals surface area contributed by atoms with Crippen molar-refractivity contribution < 1.29 is 4.79 Å². The molecule has 2 aromatic carbocycles. The Morgan fingerprint density at radius 3 is 2.00 bits per heavy atom. The van der Waals surface area contributed by atoms with Gasteiger partial charge in [-0.25, -0.2) is 0 Å². The molecule has 1 N–H and O–H groups in total. The average Bonchev–Trinajstić information content (AvgIpc) is 2.87. The third-order valence-corrected chi connectivity index (χ3v) is 5.88. The number of hydrogen-bond acceptors (Lipinski definition) is 5. The standard InChI is InChI=1S/C26H27N5O.ClH/c27-18-24(23-12-7-13-28-19-23)30-14-16-31(17-15-30)25(32)20-29-26(21-8-3-1-4-9-21)22-10-5-2-6-11-22;/h1-13,19,24,26,29H,14-17,20H2;1H. The predicted molar refractivity (Wildman–Crippen MR) is 131 cm³/mol. The van der Waals surface area contributed by atoms with Crippen molar-refractivity contribution in [3.05, 3.63) is 102 Å². The van der Waals surface area contributed by atoms with Crippen LogP contribution in [0.5, 0.6) is 0 Å². The van der Waals surface area contributed by atoms with E-state index in [0.717, 1.165) is 16.7 Å². The van der Waals surface area contributed by atoms with E-state index in [4.69, 9.17) is 0 Å². The van der Waals surface area contributed by atoms with Gasteiger partial charge in [-0.05, 0) is 17.2 Å². The maximum atomic E-state index is 13.0. The zero-order valence-electron chi connectivity index (χ0n) is 18.4. The molecule has 0 aliphatic carbocycles. The minimum atomic E-state index is -0.334. The summed E-state index contributed by atoms with van der Waals surface area (Å²) in [5.74, 6) is 0.0800. The zero-order chi connectivity index (χ0) is 22.2. The number of halogens is 1. The molecule has 0 radical (unpaired) electrons. The molecule has 1 aliphatic heterocycles. The Kier molecular flexibility index (Phi) is 8.96. The molecule has 0 spiro atoms. The van der Waals surface area contributed by atoms with E-state index < -0.39 is 0 Å². The van der Waals surface area contributed by atoms with Crippen LogP contribution in [0, 0.1) is 11.3 Å². The van der Waals surface area contributed by atoms with Crippen LogP contribution in [-0.4, -0.2) is 53.4 Å². The van der Waals surface area contributed by atoms with Crippen molar-refractivity contribution in [3.63, 3.8) is 0 Å². The normalized spacial score (nSPS) is 14.8. The maximum Gasteiger partial charge on any atom is 0.236 e. The summed E-state index contributed by atoms with van der Waals surface area (Å²) in [4.78, 5) is 21.1. The number of benzene rings is 2. The molecule has 6 nitrogen and oxygen atoms in total. The molecular weight excluding hydrogens is 434 g/mol. The second-order valence-electron chi connectivity index (χ2n) is 7.87. The highest BCUT2D eigenvalue weighted by atomic mass is 35.5. The van der Waals surface area contributed by atoms with Gasteiger partial charge in [0.25, 0.3) is 0 Å². The van der Waals surface area contributed by atoms with Crippen molar-refractivity contribution in [1.82, 2.24) is 20.1 Å². The fourth-order valence-corrected chi connectivity index (χ4v) is 4.15. The van der Waals surface area contributed by atoms with Gasteiger partial charge < -0.3 is 4.90 Å². The number of nitriles is 1. The van der Waals surface area contributed by atoms with Gasteiger partial charge in [-0.2, -0.15) is 5.26 Å². The third kappa shape index (κ3) is 6.17. The SMILES string of the molecule is Cl.N#CC(c1cccnc1)N1CCN(C(=O)CNC(c2ccccc2)c2ccccc2)CC1. The van der Waals surface area contributed by atoms with Crippen LogP contribution in [0.2, 0.25) is 0 Å². The minimum absolute atomic E-state index is 0. The van der Waals surface area contributed by atoms with E-state index in [2.05, 4.69) is 45.5 Å². The van der Waals surface area contributed by atoms with Crippen molar-refractivity contribution in [3.8, 4) is 6.07 Å². The predicted octanol–water partition coefficient (Wildman–Crippen LogP) is 3.59. The van der Waals surface area contributed by atoms with E-state index in [1.807, 2.05) is 53.4 Å². The lowest BCUT2D eigenvalue weighted by molar-refractivity contribution is -0.132. The number of carbonyl (C=O) groups excluding carboxylic acids is 1. The van der Waals surface area contributed by atoms with Gasteiger partial charge >= 0.3 is 0 Å². The topological polar surface area (TPSA) is 72.3 Å². The van der Waals surface area contributed by atoms with E-state index in [1.165, 1.54) is 0 Å². The van der Waals surface area contributed by atoms with Crippen molar-refractivity contribution in [1.29, 1.82) is 5.26 Å². The Morgan fingerprint density at radius 2 is 1.48 bits per heavy atom. The number of piperazine rings is 1. The van der Waals surface area contributed by atoms with Crippen LogP contribution in [0.1, 0.15) is 28.8 Å². The van der Waals surface area contributed by atoms with Crippen molar-refractivity contribution in [2.45, 2.75) is 12.1 Å². The second-order valence-corrected chi connectivity index (χ2v) is 7.87. The van der Waals surface area contributed by atoms with Gasteiger partial charge in [0.05, 0.1) is 18.7 Å². The molecule has 1 aliphatic rings. The van der Waals surface area contributed by atoms with Crippen molar-refractivity contribution in [2.75, 3.05) is 32.7 Å². The molecule has 1 aromatic heterocycles. The number of pyridine rings is 1. The monoisotopic (exact) mass is 461 g/mol. The molecule has 1 atom stereocenters. The summed E-state index contributed by atoms with van der Waals surface area (Å²) in [7, 11) is 0. The summed E-state index contributed by atoms with van der Waals surface area (Å²) in [6, 6.07) is 26.1. The first-order chi connectivity index (χ1) is 15.8. The molecule has 4 rings (SSSR count). The smallest absolute Gasteiger partial charge is 0.236 e. The quantitative estimate of drug-likeness (QED) is 0.582. The molecule has 1 saturated heterocycles. The van der Waals surface area contributed by atoms with Crippen LogP contribution in [0.15, 0.2) is 85.2 Å². The summed E-state index contributed by atoms with van der Waals surface area (Å²) >= 11 is 0. The number of hydrogen-bond donors (Lipinski definition) is 1. The van der Waals surface area contributed by atoms with Crippen LogP contribution in [0.4, 0.5) is 0 Å². The van der Waals surface area contributed by atoms with Crippen LogP contribution in [0.3, 0.4) is 0 Å². The molecule has 33 heavy (non-hydrogen) atoms. The zero-order valence-corrected chi connectivity index (χ0v) is 19.2. The number of rotatable bonds is 7. The first kappa shape index (κ1) is 24.4. The minimum Gasteiger partial charge on any atom is -0.339 e. The van der Waals surface area contributed by atoms with Crippen molar-refractivity contribution in [2.24, 2.45) is 0 Å². The molecule has 1 amide bonds. The summed E-state index contributed by atoms with van der Waals surface area (Å²) < 4.78 is 0. The molecular formula is C26H28ClN5O. The first-order valence-electron chi connectivity index (χ1n) is 10.9. The lowest BCUT2D eigenvalue weighted by atomic mass is 9.99. The van der Waals surface area contributed by atoms with E-state index in [1.54, 1.807) is 12.4 Å². The highest BCUT2D eigenvalue weighted by Crippen LogP contribution is 2.23. The lowest BCUT2D eigenvalue weighted by Crippen LogP contribution is -2.51. The van der Waals surface area contributed by atoms with Gasteiger partial charge in [0, 0.05) is 44.1 Å². The fraction of sp³-hybridized carbons (Fsp3) is 0.269. The Morgan fingerprint density at radius 1 is 0.909 bits per heavy atom. The molecule has 7 heteroatoms. The van der Waals surface area contributed by atoms with Crippen LogP contribution < -0.4 is 5.32 Å². The van der Waals surface area contributed by atoms with Gasteiger partial charge in [0.2, 0.25) is 5.91 Å². The Balaban J connectivity index is 0.00000306. The Labute approximate surface area is 201 Å². The van der Waals surface area contributed by atoms with Gasteiger partial charge in [-0.1, -0.05) is 66.7 Å². The Hall–Kier alpha value is -3.24. The van der Waals surface area contributed by atoms with E-state index in [-0.39, 0.29) is 36.9 Å². The summed E-state index contributed by atoms with van der Waals surface area (Å²) in [6.07, 6.45) is 3.45. The summed E-state index contributed by atoms with van der Waals surface area (Å²) in [5, 5.41) is 13.1. The largest absolute Gasteiger partial charge is 0.339 e. The number of amides is 1. The van der Waals surface area contributed by atoms with Crippen LogP contribution in [0.25, 0.3) is 0 Å². The highest BCUT2D eigenvalue weighted by Gasteiger charge is 2.27. The molecule has 2 heterocycles. The second kappa shape index (κ2) is 12.1. The van der Waals surface area contributed by atoms with E-state index >= 15 is 0 Å². The molecule has 1 unspecified atom stereocenters. The first-order valence-corrected chi connectivity index (χ1v) is 10.9.